The van der Waals surface area contributed by atoms with E-state index in [0.29, 0.717) is 26.1 Å². The van der Waals surface area contributed by atoms with Crippen LogP contribution in [0.4, 0.5) is 0 Å². The summed E-state index contributed by atoms with van der Waals surface area (Å²) in [7, 11) is 0. The topological polar surface area (TPSA) is 52.6 Å². The van der Waals surface area contributed by atoms with Gasteiger partial charge in [-0.25, -0.2) is 0 Å². The molecule has 0 bridgehead atoms. The predicted octanol–water partition coefficient (Wildman–Crippen LogP) is 0.893. The average molecular weight is 186 g/mol. The molecule has 1 atom stereocenters. The van der Waals surface area contributed by atoms with Crippen LogP contribution < -0.4 is 0 Å². The number of hydrogen-bond donors (Lipinski definition) is 0. The first kappa shape index (κ1) is 10.0. The Bertz CT molecular complexity index is 224. The Morgan fingerprint density at radius 3 is 2.69 bits per heavy atom. The molecule has 74 valence electrons. The molecular formula is C9H14O4. The van der Waals surface area contributed by atoms with E-state index in [9.17, 15) is 9.59 Å². The van der Waals surface area contributed by atoms with Gasteiger partial charge in [0.1, 0.15) is 0 Å². The SMILES string of the molecule is CCOC(=O)[C@@]1(CC)CCOC1=O. The van der Waals surface area contributed by atoms with Gasteiger partial charge in [-0.1, -0.05) is 6.92 Å². The van der Waals surface area contributed by atoms with E-state index in [2.05, 4.69) is 0 Å². The molecule has 1 rings (SSSR count). The van der Waals surface area contributed by atoms with Crippen LogP contribution in [-0.2, 0) is 19.1 Å². The number of cyclic esters (lactones) is 1. The molecule has 0 aromatic rings. The van der Waals surface area contributed by atoms with Gasteiger partial charge in [-0.05, 0) is 13.3 Å². The van der Waals surface area contributed by atoms with E-state index in [4.69, 9.17) is 9.47 Å². The lowest BCUT2D eigenvalue weighted by molar-refractivity contribution is -0.164. The van der Waals surface area contributed by atoms with E-state index in [1.54, 1.807) is 13.8 Å². The first-order valence-corrected chi connectivity index (χ1v) is 4.52. The van der Waals surface area contributed by atoms with Gasteiger partial charge in [0.2, 0.25) is 0 Å². The molecule has 1 saturated heterocycles. The van der Waals surface area contributed by atoms with Crippen LogP contribution in [0.2, 0.25) is 0 Å². The number of hydrogen-bond acceptors (Lipinski definition) is 4. The van der Waals surface area contributed by atoms with Gasteiger partial charge in [0.05, 0.1) is 13.2 Å². The van der Waals surface area contributed by atoms with Gasteiger partial charge in [-0.3, -0.25) is 9.59 Å². The third-order valence-corrected chi connectivity index (χ3v) is 2.42. The number of carbonyl (C=O) groups is 2. The summed E-state index contributed by atoms with van der Waals surface area (Å²) in [6, 6.07) is 0. The minimum Gasteiger partial charge on any atom is -0.465 e. The van der Waals surface area contributed by atoms with Crippen LogP contribution in [-0.4, -0.2) is 25.2 Å². The van der Waals surface area contributed by atoms with Gasteiger partial charge < -0.3 is 9.47 Å². The zero-order valence-electron chi connectivity index (χ0n) is 7.96. The summed E-state index contributed by atoms with van der Waals surface area (Å²) in [6.45, 7) is 4.14. The van der Waals surface area contributed by atoms with E-state index in [-0.39, 0.29) is 0 Å². The van der Waals surface area contributed by atoms with Crippen molar-refractivity contribution in [2.24, 2.45) is 5.41 Å². The Balaban J connectivity index is 2.80. The largest absolute Gasteiger partial charge is 0.465 e. The number of rotatable bonds is 3. The molecule has 1 aliphatic rings. The van der Waals surface area contributed by atoms with Crippen molar-refractivity contribution in [2.45, 2.75) is 26.7 Å². The van der Waals surface area contributed by atoms with Crippen molar-refractivity contribution in [1.29, 1.82) is 0 Å². The average Bonchev–Trinajstić information content (AvgIpc) is 2.48. The molecule has 0 aliphatic carbocycles. The molecule has 0 spiro atoms. The highest BCUT2D eigenvalue weighted by atomic mass is 16.6. The molecule has 0 radical (unpaired) electrons. The molecule has 4 heteroatoms. The van der Waals surface area contributed by atoms with Crippen molar-refractivity contribution in [1.82, 2.24) is 0 Å². The highest BCUT2D eigenvalue weighted by Gasteiger charge is 2.50. The van der Waals surface area contributed by atoms with Crippen molar-refractivity contribution < 1.29 is 19.1 Å². The van der Waals surface area contributed by atoms with E-state index in [1.165, 1.54) is 0 Å². The highest BCUT2D eigenvalue weighted by Crippen LogP contribution is 2.34. The van der Waals surface area contributed by atoms with E-state index >= 15 is 0 Å². The Kier molecular flexibility index (Phi) is 2.90. The van der Waals surface area contributed by atoms with Crippen LogP contribution >= 0.6 is 0 Å². The Labute approximate surface area is 77.2 Å². The molecule has 4 nitrogen and oxygen atoms in total. The van der Waals surface area contributed by atoms with Crippen molar-refractivity contribution in [3.8, 4) is 0 Å². The normalized spacial score (nSPS) is 27.1. The molecule has 1 heterocycles. The van der Waals surface area contributed by atoms with Crippen molar-refractivity contribution >= 4 is 11.9 Å². The first-order valence-electron chi connectivity index (χ1n) is 4.52. The first-order chi connectivity index (χ1) is 6.17. The lowest BCUT2D eigenvalue weighted by atomic mass is 9.84. The summed E-state index contributed by atoms with van der Waals surface area (Å²) < 4.78 is 9.64. The lowest BCUT2D eigenvalue weighted by Crippen LogP contribution is -2.36. The maximum absolute atomic E-state index is 11.5. The maximum atomic E-state index is 11.5. The molecule has 0 unspecified atom stereocenters. The third kappa shape index (κ3) is 1.53. The molecule has 1 fully saturated rings. The lowest BCUT2D eigenvalue weighted by Gasteiger charge is -2.19. The monoisotopic (exact) mass is 186 g/mol. The molecule has 13 heavy (non-hydrogen) atoms. The minimum absolute atomic E-state index is 0.299. The van der Waals surface area contributed by atoms with Gasteiger partial charge in [0, 0.05) is 6.42 Å². The number of carbonyl (C=O) groups excluding carboxylic acids is 2. The summed E-state index contributed by atoms with van der Waals surface area (Å²) in [5.41, 5.74) is -1.02. The molecule has 0 saturated carbocycles. The zero-order valence-corrected chi connectivity index (χ0v) is 7.96. The second-order valence-electron chi connectivity index (χ2n) is 3.04. The molecule has 0 N–H and O–H groups in total. The fourth-order valence-corrected chi connectivity index (χ4v) is 1.48. The summed E-state index contributed by atoms with van der Waals surface area (Å²) in [5, 5.41) is 0. The van der Waals surface area contributed by atoms with Crippen LogP contribution in [0.25, 0.3) is 0 Å². The second-order valence-corrected chi connectivity index (χ2v) is 3.04. The molecule has 0 aromatic carbocycles. The van der Waals surface area contributed by atoms with Crippen LogP contribution in [0.5, 0.6) is 0 Å². The van der Waals surface area contributed by atoms with Crippen molar-refractivity contribution in [3.63, 3.8) is 0 Å². The zero-order chi connectivity index (χ0) is 9.90. The Morgan fingerprint density at radius 2 is 2.31 bits per heavy atom. The van der Waals surface area contributed by atoms with E-state index in [0.717, 1.165) is 0 Å². The Hall–Kier alpha value is -1.06. The summed E-state index contributed by atoms with van der Waals surface area (Å²) in [6.07, 6.45) is 0.895. The molecule has 0 amide bonds. The van der Waals surface area contributed by atoms with Crippen LogP contribution in [0.3, 0.4) is 0 Å². The second kappa shape index (κ2) is 3.77. The quantitative estimate of drug-likeness (QED) is 0.485. The summed E-state index contributed by atoms with van der Waals surface area (Å²) >= 11 is 0. The van der Waals surface area contributed by atoms with Crippen LogP contribution in [0.1, 0.15) is 26.7 Å². The van der Waals surface area contributed by atoms with Crippen LogP contribution in [0, 0.1) is 5.41 Å². The van der Waals surface area contributed by atoms with Gasteiger partial charge in [0.15, 0.2) is 5.41 Å². The summed E-state index contributed by atoms with van der Waals surface area (Å²) in [5.74, 6) is -0.881. The fourth-order valence-electron chi connectivity index (χ4n) is 1.48. The smallest absolute Gasteiger partial charge is 0.323 e. The van der Waals surface area contributed by atoms with Gasteiger partial charge in [0.25, 0.3) is 0 Å². The fraction of sp³-hybridized carbons (Fsp3) is 0.778. The van der Waals surface area contributed by atoms with Gasteiger partial charge in [-0.2, -0.15) is 0 Å². The van der Waals surface area contributed by atoms with Gasteiger partial charge in [-0.15, -0.1) is 0 Å². The van der Waals surface area contributed by atoms with Crippen LogP contribution in [0.15, 0.2) is 0 Å². The van der Waals surface area contributed by atoms with Crippen molar-refractivity contribution in [2.75, 3.05) is 13.2 Å². The number of esters is 2. The van der Waals surface area contributed by atoms with E-state index < -0.39 is 17.4 Å². The maximum Gasteiger partial charge on any atom is 0.323 e. The van der Waals surface area contributed by atoms with Gasteiger partial charge >= 0.3 is 11.9 Å². The summed E-state index contributed by atoms with van der Waals surface area (Å²) in [4.78, 5) is 22.8. The number of ether oxygens (including phenoxy) is 2. The molecule has 1 aliphatic heterocycles. The van der Waals surface area contributed by atoms with E-state index in [1.807, 2.05) is 0 Å². The minimum atomic E-state index is -1.02. The highest BCUT2D eigenvalue weighted by molar-refractivity contribution is 6.01. The molecule has 0 aromatic heterocycles. The Morgan fingerprint density at radius 1 is 1.62 bits per heavy atom. The predicted molar refractivity (Wildman–Crippen MR) is 44.9 cm³/mol. The van der Waals surface area contributed by atoms with Crippen molar-refractivity contribution in [3.05, 3.63) is 0 Å². The standard InChI is InChI=1S/C9H14O4/c1-3-9(7(10)12-4-2)5-6-13-8(9)11/h3-6H2,1-2H3/t9-/m1/s1. The third-order valence-electron chi connectivity index (χ3n) is 2.42. The molecular weight excluding hydrogens is 172 g/mol.